The molecule has 19 nitrogen and oxygen atoms in total. The van der Waals surface area contributed by atoms with Crippen LogP contribution in [0.2, 0.25) is 0 Å². The Morgan fingerprint density at radius 2 is 0.940 bits per heavy atom. The molecule has 0 aliphatic carbocycles. The number of carbonyl (C=O) groups excluding carboxylic acids is 1. The van der Waals surface area contributed by atoms with Crippen LogP contribution in [0.15, 0.2) is 24.3 Å². The molecule has 3 saturated heterocycles. The first-order valence-electron chi connectivity index (χ1n) is 25.1. The molecular formula is C48H87NO18. The molecule has 0 aromatic heterocycles. The smallest absolute Gasteiger partial charge is 0.220 e. The standard InChI is InChI=1S/C48H87NO18/c1-3-5-7-9-11-13-14-15-16-17-18-20-22-24-26-36(54)49-31(32(53)25-23-21-19-12-10-8-6-4-2)30-62-46-42(60)39(57)44(34(28-51)64-46)67-48-43(61)40(58)45(35(29-52)65-48)66-47-41(59)38(56)37(55)33(27-50)63-47/h14-15,23,25,31-35,37-48,50-53,55-61H,3-13,16-22,24,26-30H2,1-2H3,(H,49,54)/b15-14-,25-23+. The second-order valence-electron chi connectivity index (χ2n) is 18.3. The third kappa shape index (κ3) is 20.1. The monoisotopic (exact) mass is 966 g/mol. The van der Waals surface area contributed by atoms with Crippen molar-refractivity contribution in [2.75, 3.05) is 26.4 Å². The highest BCUT2D eigenvalue weighted by Crippen LogP contribution is 2.33. The van der Waals surface area contributed by atoms with Crippen LogP contribution in [0, 0.1) is 0 Å². The third-order valence-corrected chi connectivity index (χ3v) is 12.7. The summed E-state index contributed by atoms with van der Waals surface area (Å²) in [7, 11) is 0. The van der Waals surface area contributed by atoms with Gasteiger partial charge in [-0.2, -0.15) is 0 Å². The van der Waals surface area contributed by atoms with Gasteiger partial charge in [-0.25, -0.2) is 0 Å². The molecule has 3 rings (SSSR count). The van der Waals surface area contributed by atoms with Gasteiger partial charge in [0.15, 0.2) is 18.9 Å². The summed E-state index contributed by atoms with van der Waals surface area (Å²) in [6.45, 7) is 1.61. The molecule has 12 N–H and O–H groups in total. The molecular weight excluding hydrogens is 879 g/mol. The zero-order valence-electron chi connectivity index (χ0n) is 39.9. The predicted octanol–water partition coefficient (Wildman–Crippen LogP) is 1.25. The minimum atomic E-state index is -1.97. The van der Waals surface area contributed by atoms with Gasteiger partial charge in [-0.05, 0) is 44.9 Å². The van der Waals surface area contributed by atoms with Crippen LogP contribution in [0.3, 0.4) is 0 Å². The van der Waals surface area contributed by atoms with Gasteiger partial charge in [0.05, 0.1) is 38.6 Å². The maximum Gasteiger partial charge on any atom is 0.220 e. The van der Waals surface area contributed by atoms with E-state index in [1.807, 2.05) is 6.08 Å². The molecule has 392 valence electrons. The van der Waals surface area contributed by atoms with Crippen molar-refractivity contribution in [3.63, 3.8) is 0 Å². The SMILES string of the molecule is CCCCCCC/C=C\CCCCCCCC(=O)NC(COC1OC(CO)C(OC2OC(CO)C(OC3OC(CO)C(O)C(O)C3O)C(O)C2O)C(O)C1O)C(O)/C=C/CCCCCCCC. The zero-order chi connectivity index (χ0) is 49.1. The van der Waals surface area contributed by atoms with Crippen LogP contribution in [0.4, 0.5) is 0 Å². The molecule has 1 amide bonds. The first kappa shape index (κ1) is 59.6. The number of ether oxygens (including phenoxy) is 6. The Hall–Kier alpha value is -1.73. The van der Waals surface area contributed by atoms with E-state index in [0.29, 0.717) is 6.42 Å². The third-order valence-electron chi connectivity index (χ3n) is 12.7. The lowest BCUT2D eigenvalue weighted by Crippen LogP contribution is -2.66. The Bertz CT molecular complexity index is 1340. The minimum Gasteiger partial charge on any atom is -0.394 e. The van der Waals surface area contributed by atoms with Crippen LogP contribution in [-0.2, 0) is 33.2 Å². The molecule has 17 unspecified atom stereocenters. The van der Waals surface area contributed by atoms with Crippen molar-refractivity contribution < 1.29 is 89.4 Å². The quantitative estimate of drug-likeness (QED) is 0.0319. The molecule has 67 heavy (non-hydrogen) atoms. The van der Waals surface area contributed by atoms with Gasteiger partial charge in [0.25, 0.3) is 0 Å². The maximum atomic E-state index is 13.2. The summed E-state index contributed by atoms with van der Waals surface area (Å²) in [4.78, 5) is 13.2. The second kappa shape index (κ2) is 33.8. The van der Waals surface area contributed by atoms with E-state index in [1.54, 1.807) is 6.08 Å². The summed E-state index contributed by atoms with van der Waals surface area (Å²) in [5.41, 5.74) is 0. The van der Waals surface area contributed by atoms with Crippen molar-refractivity contribution in [2.45, 2.75) is 247 Å². The summed E-state index contributed by atoms with van der Waals surface area (Å²) in [5, 5.41) is 119. The van der Waals surface area contributed by atoms with Gasteiger partial charge in [0, 0.05) is 6.42 Å². The summed E-state index contributed by atoms with van der Waals surface area (Å²) >= 11 is 0. The van der Waals surface area contributed by atoms with Crippen LogP contribution in [0.25, 0.3) is 0 Å². The highest BCUT2D eigenvalue weighted by atomic mass is 16.8. The summed E-state index contributed by atoms with van der Waals surface area (Å²) in [5.74, 6) is -0.291. The van der Waals surface area contributed by atoms with E-state index in [1.165, 1.54) is 44.9 Å². The van der Waals surface area contributed by atoms with Gasteiger partial charge in [-0.3, -0.25) is 4.79 Å². The first-order chi connectivity index (χ1) is 32.3. The van der Waals surface area contributed by atoms with Crippen LogP contribution >= 0.6 is 0 Å². The average Bonchev–Trinajstić information content (AvgIpc) is 3.32. The number of rotatable bonds is 34. The van der Waals surface area contributed by atoms with E-state index < -0.39 is 124 Å². The largest absolute Gasteiger partial charge is 0.394 e. The Morgan fingerprint density at radius 3 is 1.45 bits per heavy atom. The van der Waals surface area contributed by atoms with Crippen molar-refractivity contribution in [3.05, 3.63) is 24.3 Å². The molecule has 0 radical (unpaired) electrons. The Morgan fingerprint density at radius 1 is 0.522 bits per heavy atom. The van der Waals surface area contributed by atoms with Crippen LogP contribution in [0.1, 0.15) is 142 Å². The summed E-state index contributed by atoms with van der Waals surface area (Å²) < 4.78 is 34.0. The number of allylic oxidation sites excluding steroid dienone is 3. The van der Waals surface area contributed by atoms with Crippen molar-refractivity contribution in [1.29, 1.82) is 0 Å². The second-order valence-corrected chi connectivity index (χ2v) is 18.3. The molecule has 3 heterocycles. The summed E-state index contributed by atoms with van der Waals surface area (Å²) in [6.07, 6.45) is 2.09. The van der Waals surface area contributed by atoms with E-state index in [9.17, 15) is 61.0 Å². The van der Waals surface area contributed by atoms with Crippen molar-refractivity contribution in [3.8, 4) is 0 Å². The number of aliphatic hydroxyl groups is 11. The van der Waals surface area contributed by atoms with E-state index in [2.05, 4.69) is 31.3 Å². The van der Waals surface area contributed by atoms with Gasteiger partial charge >= 0.3 is 0 Å². The normalized spacial score (nSPS) is 33.7. The van der Waals surface area contributed by atoms with Crippen LogP contribution in [0.5, 0.6) is 0 Å². The molecule has 0 spiro atoms. The summed E-state index contributed by atoms with van der Waals surface area (Å²) in [6, 6.07) is -0.970. The molecule has 19 heteroatoms. The van der Waals surface area contributed by atoms with Crippen molar-refractivity contribution in [2.24, 2.45) is 0 Å². The molecule has 3 fully saturated rings. The lowest BCUT2D eigenvalue weighted by Gasteiger charge is -2.48. The van der Waals surface area contributed by atoms with E-state index in [0.717, 1.165) is 70.6 Å². The van der Waals surface area contributed by atoms with Gasteiger partial charge in [0.2, 0.25) is 5.91 Å². The molecule has 0 aromatic rings. The van der Waals surface area contributed by atoms with Gasteiger partial charge in [-0.15, -0.1) is 0 Å². The average molecular weight is 966 g/mol. The van der Waals surface area contributed by atoms with Gasteiger partial charge in [-0.1, -0.05) is 115 Å². The lowest BCUT2D eigenvalue weighted by atomic mass is 9.96. The predicted molar refractivity (Wildman–Crippen MR) is 245 cm³/mol. The Kier molecular flexibility index (Phi) is 30.0. The number of hydrogen-bond acceptors (Lipinski definition) is 18. The van der Waals surface area contributed by atoms with Gasteiger partial charge in [0.1, 0.15) is 73.2 Å². The highest BCUT2D eigenvalue weighted by Gasteiger charge is 2.53. The molecule has 3 aliphatic heterocycles. The van der Waals surface area contributed by atoms with Crippen molar-refractivity contribution >= 4 is 5.91 Å². The number of carbonyl (C=O) groups is 1. The fourth-order valence-corrected chi connectivity index (χ4v) is 8.48. The topological polar surface area (TPSA) is 307 Å². The molecule has 0 aromatic carbocycles. The Balaban J connectivity index is 1.56. The maximum absolute atomic E-state index is 13.2. The number of unbranched alkanes of at least 4 members (excludes halogenated alkanes) is 16. The molecule has 17 atom stereocenters. The number of aliphatic hydroxyl groups excluding tert-OH is 11. The molecule has 3 aliphatic rings. The van der Waals surface area contributed by atoms with E-state index >= 15 is 0 Å². The fourth-order valence-electron chi connectivity index (χ4n) is 8.48. The highest BCUT2D eigenvalue weighted by molar-refractivity contribution is 5.76. The van der Waals surface area contributed by atoms with E-state index in [4.69, 9.17) is 28.4 Å². The molecule has 0 saturated carbocycles. The van der Waals surface area contributed by atoms with Crippen molar-refractivity contribution in [1.82, 2.24) is 5.32 Å². The number of hydrogen-bond donors (Lipinski definition) is 12. The van der Waals surface area contributed by atoms with E-state index in [-0.39, 0.29) is 18.9 Å². The van der Waals surface area contributed by atoms with Gasteiger partial charge < -0.3 is 89.9 Å². The number of amides is 1. The Labute approximate surface area is 397 Å². The lowest BCUT2D eigenvalue weighted by molar-refractivity contribution is -0.379. The number of nitrogens with one attached hydrogen (secondary N) is 1. The zero-order valence-corrected chi connectivity index (χ0v) is 39.9. The van der Waals surface area contributed by atoms with Crippen LogP contribution in [-0.4, -0.2) is 193 Å². The molecule has 0 bridgehead atoms. The first-order valence-corrected chi connectivity index (χ1v) is 25.1. The minimum absolute atomic E-state index is 0.233. The van der Waals surface area contributed by atoms with Crippen LogP contribution < -0.4 is 5.32 Å². The fraction of sp³-hybridized carbons (Fsp3) is 0.896.